The molecular formula is C21H26N2O3S. The number of carbonyl (C=O) groups is 2. The van der Waals surface area contributed by atoms with Crippen LogP contribution in [0.3, 0.4) is 0 Å². The molecule has 1 aromatic heterocycles. The highest BCUT2D eigenvalue weighted by Gasteiger charge is 2.54. The summed E-state index contributed by atoms with van der Waals surface area (Å²) in [5, 5.41) is 9.08. The monoisotopic (exact) mass is 386 g/mol. The summed E-state index contributed by atoms with van der Waals surface area (Å²) in [6.45, 7) is 2.14. The van der Waals surface area contributed by atoms with E-state index in [4.69, 9.17) is 10.00 Å². The standard InChI is InChI=1S/C21H26N2O3S/c1-14-3-4-18(27-14)20(25)26-13-19(24)23(6-2-5-22)21-10-15-7-16(11-21)9-17(8-15)12-21/h3-4,15-17H,2,6-13H2,1H3. The minimum Gasteiger partial charge on any atom is -0.451 e. The van der Waals surface area contributed by atoms with Gasteiger partial charge in [0.1, 0.15) is 4.88 Å². The first kappa shape index (κ1) is 18.5. The van der Waals surface area contributed by atoms with Crippen LogP contribution in [0.1, 0.15) is 59.5 Å². The highest BCUT2D eigenvalue weighted by atomic mass is 32.1. The number of nitrogens with zero attached hydrogens (tertiary/aromatic N) is 2. The molecule has 1 aromatic rings. The number of carbonyl (C=O) groups excluding carboxylic acids is 2. The molecule has 0 saturated heterocycles. The lowest BCUT2D eigenvalue weighted by atomic mass is 9.52. The summed E-state index contributed by atoms with van der Waals surface area (Å²) in [6.07, 6.45) is 7.37. The number of hydrogen-bond donors (Lipinski definition) is 0. The van der Waals surface area contributed by atoms with Crippen molar-refractivity contribution in [2.45, 2.75) is 57.4 Å². The van der Waals surface area contributed by atoms with Gasteiger partial charge in [0, 0.05) is 17.0 Å². The normalized spacial score (nSPS) is 30.7. The predicted molar refractivity (Wildman–Crippen MR) is 102 cm³/mol. The van der Waals surface area contributed by atoms with Crippen molar-refractivity contribution in [3.8, 4) is 6.07 Å². The van der Waals surface area contributed by atoms with Gasteiger partial charge in [0.15, 0.2) is 6.61 Å². The molecule has 4 saturated carbocycles. The second kappa shape index (κ2) is 7.27. The highest BCUT2D eigenvalue weighted by molar-refractivity contribution is 7.13. The number of ether oxygens (including phenoxy) is 1. The van der Waals surface area contributed by atoms with Crippen LogP contribution in [-0.2, 0) is 9.53 Å². The third-order valence-electron chi connectivity index (χ3n) is 6.60. The van der Waals surface area contributed by atoms with E-state index in [1.165, 1.54) is 30.6 Å². The van der Waals surface area contributed by atoms with Gasteiger partial charge >= 0.3 is 5.97 Å². The van der Waals surface area contributed by atoms with Crippen molar-refractivity contribution >= 4 is 23.2 Å². The molecule has 4 aliphatic rings. The second-order valence-electron chi connectivity index (χ2n) is 8.58. The van der Waals surface area contributed by atoms with Gasteiger partial charge < -0.3 is 9.64 Å². The van der Waals surface area contributed by atoms with Crippen molar-refractivity contribution in [1.82, 2.24) is 4.90 Å². The Balaban J connectivity index is 1.46. The molecule has 1 heterocycles. The SMILES string of the molecule is Cc1ccc(C(=O)OCC(=O)N(CCC#N)C23CC4CC(CC(C4)C2)C3)s1. The average molecular weight is 387 g/mol. The summed E-state index contributed by atoms with van der Waals surface area (Å²) in [7, 11) is 0. The predicted octanol–water partition coefficient (Wildman–Crippen LogP) is 3.92. The first-order valence-electron chi connectivity index (χ1n) is 9.90. The third-order valence-corrected chi connectivity index (χ3v) is 7.58. The van der Waals surface area contributed by atoms with Crippen LogP contribution >= 0.6 is 11.3 Å². The largest absolute Gasteiger partial charge is 0.451 e. The van der Waals surface area contributed by atoms with Gasteiger partial charge in [-0.2, -0.15) is 5.26 Å². The fourth-order valence-corrected chi connectivity index (χ4v) is 6.77. The Bertz CT molecular complexity index is 743. The van der Waals surface area contributed by atoms with Crippen LogP contribution in [0, 0.1) is 36.0 Å². The van der Waals surface area contributed by atoms with Gasteiger partial charge in [-0.3, -0.25) is 4.79 Å². The molecule has 0 N–H and O–H groups in total. The number of amides is 1. The van der Waals surface area contributed by atoms with Gasteiger partial charge in [-0.25, -0.2) is 4.79 Å². The Kier molecular flexibility index (Phi) is 4.98. The van der Waals surface area contributed by atoms with Gasteiger partial charge in [-0.15, -0.1) is 11.3 Å². The van der Waals surface area contributed by atoms with Crippen molar-refractivity contribution in [2.24, 2.45) is 17.8 Å². The van der Waals surface area contributed by atoms with Crippen LogP contribution in [0.15, 0.2) is 12.1 Å². The molecule has 4 fully saturated rings. The summed E-state index contributed by atoms with van der Waals surface area (Å²) in [6, 6.07) is 5.79. The van der Waals surface area contributed by atoms with E-state index >= 15 is 0 Å². The van der Waals surface area contributed by atoms with Crippen LogP contribution in [0.5, 0.6) is 0 Å². The molecule has 4 bridgehead atoms. The summed E-state index contributed by atoms with van der Waals surface area (Å²) < 4.78 is 5.32. The maximum Gasteiger partial charge on any atom is 0.348 e. The van der Waals surface area contributed by atoms with E-state index in [-0.39, 0.29) is 18.1 Å². The molecule has 4 aliphatic carbocycles. The van der Waals surface area contributed by atoms with Crippen molar-refractivity contribution < 1.29 is 14.3 Å². The van der Waals surface area contributed by atoms with E-state index in [1.807, 2.05) is 17.9 Å². The maximum absolute atomic E-state index is 13.0. The molecule has 0 radical (unpaired) electrons. The average Bonchev–Trinajstić information content (AvgIpc) is 3.05. The Morgan fingerprint density at radius 1 is 1.22 bits per heavy atom. The zero-order chi connectivity index (χ0) is 19.0. The molecule has 6 heteroatoms. The number of rotatable bonds is 6. The quantitative estimate of drug-likeness (QED) is 0.695. The van der Waals surface area contributed by atoms with E-state index < -0.39 is 5.97 Å². The lowest BCUT2D eigenvalue weighted by Crippen LogP contribution is -2.62. The van der Waals surface area contributed by atoms with Crippen LogP contribution in [-0.4, -0.2) is 35.5 Å². The van der Waals surface area contributed by atoms with E-state index in [0.29, 0.717) is 35.6 Å². The Morgan fingerprint density at radius 2 is 1.85 bits per heavy atom. The van der Waals surface area contributed by atoms with E-state index in [9.17, 15) is 9.59 Å². The first-order valence-corrected chi connectivity index (χ1v) is 10.7. The highest BCUT2D eigenvalue weighted by Crippen LogP contribution is 2.57. The summed E-state index contributed by atoms with van der Waals surface area (Å²) in [4.78, 5) is 28.7. The number of esters is 1. The molecule has 1 amide bonds. The minimum atomic E-state index is -0.438. The molecule has 0 atom stereocenters. The molecule has 5 nitrogen and oxygen atoms in total. The third kappa shape index (κ3) is 3.62. The fourth-order valence-electron chi connectivity index (χ4n) is 6.00. The van der Waals surface area contributed by atoms with Crippen molar-refractivity contribution in [3.63, 3.8) is 0 Å². The zero-order valence-electron chi connectivity index (χ0n) is 15.8. The lowest BCUT2D eigenvalue weighted by molar-refractivity contribution is -0.153. The molecular weight excluding hydrogens is 360 g/mol. The van der Waals surface area contributed by atoms with Crippen LogP contribution in [0.4, 0.5) is 0 Å². The Hall–Kier alpha value is -1.87. The van der Waals surface area contributed by atoms with E-state index in [1.54, 1.807) is 6.07 Å². The van der Waals surface area contributed by atoms with Gasteiger partial charge in [-0.1, -0.05) is 0 Å². The number of aryl methyl sites for hydroxylation is 1. The Morgan fingerprint density at radius 3 is 2.37 bits per heavy atom. The summed E-state index contributed by atoms with van der Waals surface area (Å²) in [5.74, 6) is 1.56. The van der Waals surface area contributed by atoms with Gasteiger partial charge in [-0.05, 0) is 75.3 Å². The van der Waals surface area contributed by atoms with Crippen LogP contribution in [0.2, 0.25) is 0 Å². The maximum atomic E-state index is 13.0. The number of thiophene rings is 1. The van der Waals surface area contributed by atoms with Gasteiger partial charge in [0.25, 0.3) is 5.91 Å². The molecule has 144 valence electrons. The fraction of sp³-hybridized carbons (Fsp3) is 0.667. The molecule has 0 aliphatic heterocycles. The number of nitriles is 1. The van der Waals surface area contributed by atoms with Gasteiger partial charge in [0.2, 0.25) is 0 Å². The molecule has 0 spiro atoms. The number of hydrogen-bond acceptors (Lipinski definition) is 5. The minimum absolute atomic E-state index is 0.116. The second-order valence-corrected chi connectivity index (χ2v) is 9.87. The molecule has 5 rings (SSSR count). The van der Waals surface area contributed by atoms with E-state index in [2.05, 4.69) is 6.07 Å². The molecule has 0 aromatic carbocycles. The van der Waals surface area contributed by atoms with Crippen molar-refractivity contribution in [1.29, 1.82) is 5.26 Å². The van der Waals surface area contributed by atoms with E-state index in [0.717, 1.165) is 24.1 Å². The van der Waals surface area contributed by atoms with Crippen molar-refractivity contribution in [3.05, 3.63) is 21.9 Å². The van der Waals surface area contributed by atoms with Crippen molar-refractivity contribution in [2.75, 3.05) is 13.2 Å². The molecule has 0 unspecified atom stereocenters. The summed E-state index contributed by atoms with van der Waals surface area (Å²) >= 11 is 1.37. The Labute approximate surface area is 164 Å². The summed E-state index contributed by atoms with van der Waals surface area (Å²) in [5.41, 5.74) is -0.116. The molecule has 27 heavy (non-hydrogen) atoms. The van der Waals surface area contributed by atoms with Gasteiger partial charge in [0.05, 0.1) is 12.5 Å². The first-order chi connectivity index (χ1) is 13.0. The topological polar surface area (TPSA) is 70.4 Å². The van der Waals surface area contributed by atoms with Crippen LogP contribution in [0.25, 0.3) is 0 Å². The lowest BCUT2D eigenvalue weighted by Gasteiger charge is -2.60. The van der Waals surface area contributed by atoms with Crippen LogP contribution < -0.4 is 0 Å². The zero-order valence-corrected chi connectivity index (χ0v) is 16.6. The smallest absolute Gasteiger partial charge is 0.348 e.